The highest BCUT2D eigenvalue weighted by molar-refractivity contribution is 5.96. The summed E-state index contributed by atoms with van der Waals surface area (Å²) in [7, 11) is 0. The molecule has 1 N–H and O–H groups in total. The molecule has 3 rings (SSSR count). The van der Waals surface area contributed by atoms with Crippen molar-refractivity contribution in [1.29, 1.82) is 0 Å². The van der Waals surface area contributed by atoms with Crippen LogP contribution in [0.4, 0.5) is 5.69 Å². The van der Waals surface area contributed by atoms with Gasteiger partial charge < -0.3 is 10.1 Å². The largest absolute Gasteiger partial charge is 0.494 e. The summed E-state index contributed by atoms with van der Waals surface area (Å²) >= 11 is 0. The second-order valence-corrected chi connectivity index (χ2v) is 5.59. The lowest BCUT2D eigenvalue weighted by atomic mass is 9.82. The Kier molecular flexibility index (Phi) is 4.42. The molecule has 0 saturated carbocycles. The van der Waals surface area contributed by atoms with Gasteiger partial charge in [-0.2, -0.15) is 0 Å². The smallest absolute Gasteiger partial charge is 0.231 e. The Hall–Kier alpha value is -2.29. The van der Waals surface area contributed by atoms with E-state index in [2.05, 4.69) is 17.4 Å². The number of aryl methyl sites for hydroxylation is 1. The molecular formula is C19H21NO2. The van der Waals surface area contributed by atoms with E-state index in [1.807, 2.05) is 43.3 Å². The number of benzene rings is 2. The maximum atomic E-state index is 12.6. The molecule has 0 fully saturated rings. The number of fused-ring (bicyclic) bond motifs is 1. The molecule has 1 aliphatic rings. The molecule has 1 aliphatic carbocycles. The predicted molar refractivity (Wildman–Crippen MR) is 88.4 cm³/mol. The van der Waals surface area contributed by atoms with Crippen molar-refractivity contribution < 1.29 is 9.53 Å². The van der Waals surface area contributed by atoms with Crippen LogP contribution in [0.3, 0.4) is 0 Å². The lowest BCUT2D eigenvalue weighted by Gasteiger charge is -2.24. The van der Waals surface area contributed by atoms with Gasteiger partial charge in [0.25, 0.3) is 0 Å². The number of rotatable bonds is 4. The fourth-order valence-electron chi connectivity index (χ4n) is 3.06. The van der Waals surface area contributed by atoms with Crippen molar-refractivity contribution in [2.75, 3.05) is 11.9 Å². The Morgan fingerprint density at radius 2 is 1.95 bits per heavy atom. The van der Waals surface area contributed by atoms with Crippen LogP contribution in [0.15, 0.2) is 48.5 Å². The first-order valence-electron chi connectivity index (χ1n) is 7.89. The molecule has 1 atom stereocenters. The zero-order valence-corrected chi connectivity index (χ0v) is 12.8. The fraction of sp³-hybridized carbons (Fsp3) is 0.316. The van der Waals surface area contributed by atoms with Crippen LogP contribution in [-0.2, 0) is 11.2 Å². The first-order chi connectivity index (χ1) is 10.8. The van der Waals surface area contributed by atoms with Crippen molar-refractivity contribution >= 4 is 11.6 Å². The first-order valence-corrected chi connectivity index (χ1v) is 7.89. The monoisotopic (exact) mass is 295 g/mol. The molecule has 0 saturated heterocycles. The van der Waals surface area contributed by atoms with Crippen LogP contribution >= 0.6 is 0 Å². The van der Waals surface area contributed by atoms with Crippen molar-refractivity contribution in [2.45, 2.75) is 32.1 Å². The van der Waals surface area contributed by atoms with Gasteiger partial charge in [-0.05, 0) is 61.6 Å². The van der Waals surface area contributed by atoms with E-state index in [4.69, 9.17) is 4.74 Å². The molecule has 0 aliphatic heterocycles. The molecule has 2 aromatic rings. The zero-order valence-electron chi connectivity index (χ0n) is 12.8. The Morgan fingerprint density at radius 1 is 1.18 bits per heavy atom. The summed E-state index contributed by atoms with van der Waals surface area (Å²) in [5.41, 5.74) is 3.30. The second kappa shape index (κ2) is 6.65. The highest BCUT2D eigenvalue weighted by Crippen LogP contribution is 2.32. The number of carbonyl (C=O) groups is 1. The molecule has 0 aromatic heterocycles. The molecule has 3 heteroatoms. The van der Waals surface area contributed by atoms with Crippen molar-refractivity contribution in [2.24, 2.45) is 0 Å². The molecule has 0 radical (unpaired) electrons. The van der Waals surface area contributed by atoms with E-state index in [1.165, 1.54) is 11.1 Å². The molecule has 0 spiro atoms. The minimum Gasteiger partial charge on any atom is -0.494 e. The minimum absolute atomic E-state index is 0.0449. The third kappa shape index (κ3) is 3.14. The molecule has 0 heterocycles. The van der Waals surface area contributed by atoms with E-state index in [0.29, 0.717) is 6.61 Å². The summed E-state index contributed by atoms with van der Waals surface area (Å²) < 4.78 is 5.42. The van der Waals surface area contributed by atoms with Gasteiger partial charge in [-0.1, -0.05) is 24.3 Å². The average molecular weight is 295 g/mol. The van der Waals surface area contributed by atoms with Crippen LogP contribution in [-0.4, -0.2) is 12.5 Å². The van der Waals surface area contributed by atoms with E-state index < -0.39 is 0 Å². The van der Waals surface area contributed by atoms with Gasteiger partial charge in [-0.25, -0.2) is 0 Å². The van der Waals surface area contributed by atoms with E-state index in [-0.39, 0.29) is 11.8 Å². The topological polar surface area (TPSA) is 38.3 Å². The number of anilines is 1. The fourth-order valence-corrected chi connectivity index (χ4v) is 3.06. The molecule has 3 nitrogen and oxygen atoms in total. The van der Waals surface area contributed by atoms with Gasteiger partial charge >= 0.3 is 0 Å². The summed E-state index contributed by atoms with van der Waals surface area (Å²) in [5.74, 6) is 0.858. The number of ether oxygens (including phenoxy) is 1. The van der Waals surface area contributed by atoms with Gasteiger partial charge in [-0.3, -0.25) is 4.79 Å². The minimum atomic E-state index is -0.0449. The van der Waals surface area contributed by atoms with E-state index in [0.717, 1.165) is 30.7 Å². The third-order valence-electron chi connectivity index (χ3n) is 4.12. The number of nitrogens with one attached hydrogen (secondary N) is 1. The van der Waals surface area contributed by atoms with Crippen LogP contribution in [0.25, 0.3) is 0 Å². The van der Waals surface area contributed by atoms with E-state index in [1.54, 1.807) is 0 Å². The van der Waals surface area contributed by atoms with Gasteiger partial charge in [0.1, 0.15) is 5.75 Å². The van der Waals surface area contributed by atoms with Crippen LogP contribution < -0.4 is 10.1 Å². The first kappa shape index (κ1) is 14.6. The molecular weight excluding hydrogens is 274 g/mol. The highest BCUT2D eigenvalue weighted by atomic mass is 16.5. The Morgan fingerprint density at radius 3 is 2.73 bits per heavy atom. The maximum Gasteiger partial charge on any atom is 0.231 e. The number of hydrogen-bond acceptors (Lipinski definition) is 2. The summed E-state index contributed by atoms with van der Waals surface area (Å²) in [6.45, 7) is 2.60. The molecule has 1 unspecified atom stereocenters. The lowest BCUT2D eigenvalue weighted by molar-refractivity contribution is -0.117. The van der Waals surface area contributed by atoms with Crippen LogP contribution in [0.2, 0.25) is 0 Å². The normalized spacial score (nSPS) is 16.7. The van der Waals surface area contributed by atoms with Crippen LogP contribution in [0.5, 0.6) is 5.75 Å². The van der Waals surface area contributed by atoms with Gasteiger partial charge in [-0.15, -0.1) is 0 Å². The van der Waals surface area contributed by atoms with Crippen LogP contribution in [0.1, 0.15) is 36.8 Å². The number of amides is 1. The molecule has 0 bridgehead atoms. The van der Waals surface area contributed by atoms with E-state index >= 15 is 0 Å². The standard InChI is InChI=1S/C19H21NO2/c1-2-22-16-12-10-15(11-13-16)20-19(21)18-9-5-7-14-6-3-4-8-17(14)18/h3-4,6,8,10-13,18H,2,5,7,9H2,1H3,(H,20,21). The Labute approximate surface area is 131 Å². The molecule has 1 amide bonds. The van der Waals surface area contributed by atoms with Crippen LogP contribution in [0, 0.1) is 0 Å². The van der Waals surface area contributed by atoms with Crippen molar-refractivity contribution in [3.8, 4) is 5.75 Å². The van der Waals surface area contributed by atoms with E-state index in [9.17, 15) is 4.79 Å². The zero-order chi connectivity index (χ0) is 15.4. The maximum absolute atomic E-state index is 12.6. The summed E-state index contributed by atoms with van der Waals surface area (Å²) in [4.78, 5) is 12.6. The molecule has 114 valence electrons. The molecule has 22 heavy (non-hydrogen) atoms. The quantitative estimate of drug-likeness (QED) is 0.920. The Bertz CT molecular complexity index is 649. The van der Waals surface area contributed by atoms with Crippen molar-refractivity contribution in [1.82, 2.24) is 0 Å². The highest BCUT2D eigenvalue weighted by Gasteiger charge is 2.26. The third-order valence-corrected chi connectivity index (χ3v) is 4.12. The number of hydrogen-bond donors (Lipinski definition) is 1. The van der Waals surface area contributed by atoms with Gasteiger partial charge in [0.05, 0.1) is 12.5 Å². The Balaban J connectivity index is 1.72. The van der Waals surface area contributed by atoms with Crippen molar-refractivity contribution in [3.05, 3.63) is 59.7 Å². The summed E-state index contributed by atoms with van der Waals surface area (Å²) in [6, 6.07) is 15.8. The second-order valence-electron chi connectivity index (χ2n) is 5.59. The number of carbonyl (C=O) groups excluding carboxylic acids is 1. The summed E-state index contributed by atoms with van der Waals surface area (Å²) in [5, 5.41) is 3.03. The SMILES string of the molecule is CCOc1ccc(NC(=O)C2CCCc3ccccc32)cc1. The summed E-state index contributed by atoms with van der Waals surface area (Å²) in [6.07, 6.45) is 3.06. The predicted octanol–water partition coefficient (Wildman–Crippen LogP) is 4.14. The van der Waals surface area contributed by atoms with Gasteiger partial charge in [0, 0.05) is 5.69 Å². The average Bonchev–Trinajstić information content (AvgIpc) is 2.56. The van der Waals surface area contributed by atoms with Gasteiger partial charge in [0.2, 0.25) is 5.91 Å². The lowest BCUT2D eigenvalue weighted by Crippen LogP contribution is -2.24. The van der Waals surface area contributed by atoms with Gasteiger partial charge in [0.15, 0.2) is 0 Å². The van der Waals surface area contributed by atoms with Crippen molar-refractivity contribution in [3.63, 3.8) is 0 Å². The molecule has 2 aromatic carbocycles.